The largest absolute Gasteiger partial charge is 0.327 e. The summed E-state index contributed by atoms with van der Waals surface area (Å²) in [6.45, 7) is 0. The van der Waals surface area contributed by atoms with Crippen molar-refractivity contribution in [3.63, 3.8) is 0 Å². The normalized spacial score (nSPS) is 15.7. The third kappa shape index (κ3) is 3.65. The Morgan fingerprint density at radius 1 is 0.390 bits per heavy atom. The molecule has 0 atom stereocenters. The molecule has 41 heavy (non-hydrogen) atoms. The molecule has 1 radical (unpaired) electrons. The summed E-state index contributed by atoms with van der Waals surface area (Å²) >= 11 is 0. The van der Waals surface area contributed by atoms with Gasteiger partial charge < -0.3 is 20.3 Å². The molecule has 8 nitrogen and oxygen atoms in total. The average Bonchev–Trinajstić information content (AvgIpc) is 3.73. The van der Waals surface area contributed by atoms with Gasteiger partial charge in [-0.2, -0.15) is 0 Å². The number of aliphatic imine (C=N–C) groups is 2. The molecule has 0 saturated heterocycles. The van der Waals surface area contributed by atoms with Crippen LogP contribution in [0.2, 0.25) is 0 Å². The van der Waals surface area contributed by atoms with E-state index < -0.39 is 0 Å². The zero-order valence-corrected chi connectivity index (χ0v) is 24.0. The molecule has 0 saturated carbocycles. The van der Waals surface area contributed by atoms with Gasteiger partial charge in [0.15, 0.2) is 11.7 Å². The molecule has 189 valence electrons. The van der Waals surface area contributed by atoms with Gasteiger partial charge >= 0.3 is 0 Å². The Balaban J connectivity index is 0.00000256. The van der Waals surface area contributed by atoms with Crippen LogP contribution in [-0.2, 0) is 0 Å². The van der Waals surface area contributed by atoms with Crippen LogP contribution in [0.25, 0.3) is 32.3 Å². The van der Waals surface area contributed by atoms with Gasteiger partial charge in [0.1, 0.15) is 34.2 Å². The average molecular weight is 540 g/mol. The van der Waals surface area contributed by atoms with Gasteiger partial charge in [0, 0.05) is 73.0 Å². The maximum Gasteiger partial charge on any atom is 0.164 e. The summed E-state index contributed by atoms with van der Waals surface area (Å²) in [6, 6.07) is 32.7. The topological polar surface area (TPSA) is 109 Å². The molecule has 8 bridgehead atoms. The van der Waals surface area contributed by atoms with Crippen LogP contribution in [0.1, 0.15) is 11.1 Å². The molecule has 7 aromatic rings. The molecular formula is C32H20N8Na. The minimum absolute atomic E-state index is 0. The summed E-state index contributed by atoms with van der Waals surface area (Å²) in [6.07, 6.45) is 0. The van der Waals surface area contributed by atoms with E-state index >= 15 is 0 Å². The van der Waals surface area contributed by atoms with Crippen LogP contribution >= 0.6 is 0 Å². The molecule has 4 N–H and O–H groups in total. The molecule has 0 fully saturated rings. The zero-order valence-electron chi connectivity index (χ0n) is 22.0. The minimum Gasteiger partial charge on any atom is -0.327 e. The summed E-state index contributed by atoms with van der Waals surface area (Å²) in [5.74, 6) is 4.40. The zero-order chi connectivity index (χ0) is 26.2. The van der Waals surface area contributed by atoms with Crippen molar-refractivity contribution in [3.05, 3.63) is 119 Å². The molecule has 2 aliphatic heterocycles. The summed E-state index contributed by atoms with van der Waals surface area (Å²) in [4.78, 5) is 30.6. The quantitative estimate of drug-likeness (QED) is 0.177. The first-order valence-corrected chi connectivity index (χ1v) is 13.1. The predicted octanol–water partition coefficient (Wildman–Crippen LogP) is 5.92. The standard InChI is InChI=1S/C32H20N8.Na/c1-2-10-18-17(9-1)25-33-26(18)38-28-21-13-5-6-14-22(21)30(35-28)40-32-24-16-8-7-15-23(24)31(36-32)39-29-20-12-4-3-11-19(20)27(34-29)37-25;/h1-16,33-34,37H,(H,35,36,38,39,40);. The van der Waals surface area contributed by atoms with E-state index in [4.69, 9.17) is 20.0 Å². The van der Waals surface area contributed by atoms with Gasteiger partial charge in [-0.15, -0.1) is 0 Å². The molecule has 9 heteroatoms. The second kappa shape index (κ2) is 9.14. The second-order valence-corrected chi connectivity index (χ2v) is 9.92. The van der Waals surface area contributed by atoms with E-state index in [-0.39, 0.29) is 29.6 Å². The Labute approximate surface area is 255 Å². The number of hydrogen-bond donors (Lipinski definition) is 4. The number of nitrogens with one attached hydrogen (secondary N) is 4. The smallest absolute Gasteiger partial charge is 0.164 e. The van der Waals surface area contributed by atoms with Crippen molar-refractivity contribution < 1.29 is 0 Å². The van der Waals surface area contributed by atoms with Crippen LogP contribution in [0, 0.1) is 0 Å². The van der Waals surface area contributed by atoms with Crippen LogP contribution < -0.4 is 16.3 Å². The van der Waals surface area contributed by atoms with E-state index in [1.54, 1.807) is 0 Å². The van der Waals surface area contributed by atoms with E-state index in [9.17, 15) is 0 Å². The molecular weight excluding hydrogens is 519 g/mol. The fourth-order valence-electron chi connectivity index (χ4n) is 5.73. The van der Waals surface area contributed by atoms with Crippen LogP contribution in [0.4, 0.5) is 23.3 Å². The number of aromatic amines is 3. The molecule has 2 aliphatic rings. The van der Waals surface area contributed by atoms with E-state index in [1.807, 2.05) is 60.7 Å². The molecule has 3 aromatic heterocycles. The van der Waals surface area contributed by atoms with E-state index in [0.29, 0.717) is 17.2 Å². The van der Waals surface area contributed by atoms with Crippen LogP contribution in [0.3, 0.4) is 0 Å². The molecule has 0 unspecified atom stereocenters. The molecule has 9 rings (SSSR count). The summed E-state index contributed by atoms with van der Waals surface area (Å²) in [7, 11) is 0. The Kier molecular flexibility index (Phi) is 5.36. The number of hydrogen-bond acceptors (Lipinski definition) is 5. The summed E-state index contributed by atoms with van der Waals surface area (Å²) in [5.41, 5.74) is 3.32. The first-order valence-electron chi connectivity index (χ1n) is 13.1. The predicted molar refractivity (Wildman–Crippen MR) is 165 cm³/mol. The Morgan fingerprint density at radius 2 is 0.829 bits per heavy atom. The molecule has 4 aromatic carbocycles. The fraction of sp³-hybridized carbons (Fsp3) is 0. The number of nitrogens with zero attached hydrogens (tertiary/aromatic N) is 4. The Hall–Kier alpha value is -4.76. The van der Waals surface area contributed by atoms with Crippen molar-refractivity contribution >= 4 is 96.8 Å². The van der Waals surface area contributed by atoms with Crippen molar-refractivity contribution in [2.75, 3.05) is 5.32 Å². The van der Waals surface area contributed by atoms with Crippen molar-refractivity contribution in [1.29, 1.82) is 0 Å². The molecule has 0 aliphatic carbocycles. The van der Waals surface area contributed by atoms with Gasteiger partial charge in [-0.05, 0) is 0 Å². The number of rotatable bonds is 0. The van der Waals surface area contributed by atoms with Crippen LogP contribution in [0.15, 0.2) is 117 Å². The number of benzene rings is 4. The van der Waals surface area contributed by atoms with E-state index in [0.717, 1.165) is 72.2 Å². The van der Waals surface area contributed by atoms with Crippen molar-refractivity contribution in [2.24, 2.45) is 20.0 Å². The fourth-order valence-corrected chi connectivity index (χ4v) is 5.73. The number of fused-ring (bicyclic) bond motifs is 19. The van der Waals surface area contributed by atoms with Crippen LogP contribution in [0.5, 0.6) is 0 Å². The summed E-state index contributed by atoms with van der Waals surface area (Å²) < 4.78 is 0. The molecule has 0 amide bonds. The number of amidine groups is 2. The Bertz CT molecular complexity index is 2370. The SMILES string of the molecule is [Na].c1ccc2c(c1)C1=N/C2=N\c2[nH]c(c3ccccc23)Nc2[nH]c(c3ccccc23)/N=c2\[nH]c(c3ccccc23)=N1. The molecule has 0 spiro atoms. The minimum atomic E-state index is 0. The van der Waals surface area contributed by atoms with Crippen molar-refractivity contribution in [3.8, 4) is 0 Å². The first-order chi connectivity index (χ1) is 19.8. The number of H-pyrrole nitrogens is 3. The summed E-state index contributed by atoms with van der Waals surface area (Å²) in [5, 5.41) is 9.65. The van der Waals surface area contributed by atoms with Gasteiger partial charge in [0.2, 0.25) is 0 Å². The van der Waals surface area contributed by atoms with Gasteiger partial charge in [-0.1, -0.05) is 97.1 Å². The third-order valence-electron chi connectivity index (χ3n) is 7.59. The van der Waals surface area contributed by atoms with E-state index in [1.165, 1.54) is 0 Å². The Morgan fingerprint density at radius 3 is 1.41 bits per heavy atom. The van der Waals surface area contributed by atoms with Gasteiger partial charge in [-0.3, -0.25) is 0 Å². The van der Waals surface area contributed by atoms with Gasteiger partial charge in [0.05, 0.1) is 0 Å². The maximum atomic E-state index is 5.09. The van der Waals surface area contributed by atoms with Crippen molar-refractivity contribution in [2.45, 2.75) is 0 Å². The van der Waals surface area contributed by atoms with Crippen LogP contribution in [-0.4, -0.2) is 56.2 Å². The van der Waals surface area contributed by atoms with E-state index in [2.05, 4.69) is 56.7 Å². The van der Waals surface area contributed by atoms with Gasteiger partial charge in [0.25, 0.3) is 0 Å². The first kappa shape index (κ1) is 24.1. The maximum absolute atomic E-state index is 5.09. The van der Waals surface area contributed by atoms with Gasteiger partial charge in [-0.25, -0.2) is 20.0 Å². The third-order valence-corrected chi connectivity index (χ3v) is 7.59. The number of anilines is 2. The number of aromatic nitrogens is 3. The van der Waals surface area contributed by atoms with Crippen molar-refractivity contribution in [1.82, 2.24) is 15.0 Å². The second-order valence-electron chi connectivity index (χ2n) is 9.92. The molecule has 5 heterocycles. The monoisotopic (exact) mass is 539 g/mol.